The minimum Gasteiger partial charge on any atom is -0.494 e. The third kappa shape index (κ3) is 4.00. The molecular weight excluding hydrogens is 389 g/mol. The van der Waals surface area contributed by atoms with Crippen LogP contribution in [-0.2, 0) is 13.0 Å². The van der Waals surface area contributed by atoms with Crippen molar-refractivity contribution in [2.24, 2.45) is 0 Å². The summed E-state index contributed by atoms with van der Waals surface area (Å²) < 4.78 is 18.8. The van der Waals surface area contributed by atoms with Crippen LogP contribution in [0.15, 0.2) is 29.1 Å². The van der Waals surface area contributed by atoms with Gasteiger partial charge in [0.2, 0.25) is 0 Å². The Kier molecular flexibility index (Phi) is 5.67. The second-order valence-electron chi connectivity index (χ2n) is 7.72. The molecule has 2 aliphatic rings. The van der Waals surface area contributed by atoms with E-state index in [-0.39, 0.29) is 23.0 Å². The normalized spacial score (nSPS) is 17.0. The molecule has 1 amide bonds. The lowest BCUT2D eigenvalue weighted by Crippen LogP contribution is -2.49. The fraction of sp³-hybridized carbons (Fsp3) is 0.409. The number of ketones is 1. The SMILES string of the molecule is COc1ccc(CN2CCN(C(=O)c3cc4c([nH]c3=O)CCCC4=O)CC2)cc1F. The van der Waals surface area contributed by atoms with Crippen LogP contribution in [0.25, 0.3) is 0 Å². The van der Waals surface area contributed by atoms with Gasteiger partial charge in [-0.1, -0.05) is 6.07 Å². The summed E-state index contributed by atoms with van der Waals surface area (Å²) in [6, 6.07) is 6.35. The Morgan fingerprint density at radius 3 is 2.60 bits per heavy atom. The zero-order valence-electron chi connectivity index (χ0n) is 16.9. The Morgan fingerprint density at radius 2 is 1.90 bits per heavy atom. The molecule has 0 unspecified atom stereocenters. The smallest absolute Gasteiger partial charge is 0.261 e. The molecule has 2 heterocycles. The maximum atomic E-state index is 13.9. The number of H-pyrrole nitrogens is 1. The number of fused-ring (bicyclic) bond motifs is 1. The molecule has 0 spiro atoms. The van der Waals surface area contributed by atoms with Gasteiger partial charge in [-0.05, 0) is 36.6 Å². The highest BCUT2D eigenvalue weighted by atomic mass is 19.1. The number of carbonyl (C=O) groups excluding carboxylic acids is 2. The Hall–Kier alpha value is -3.00. The number of aryl methyl sites for hydroxylation is 1. The molecule has 4 rings (SSSR count). The number of rotatable bonds is 4. The number of carbonyl (C=O) groups is 2. The highest BCUT2D eigenvalue weighted by molar-refractivity contribution is 6.01. The Morgan fingerprint density at radius 1 is 1.13 bits per heavy atom. The average molecular weight is 413 g/mol. The summed E-state index contributed by atoms with van der Waals surface area (Å²) in [5, 5.41) is 0. The van der Waals surface area contributed by atoms with Crippen LogP contribution in [0.2, 0.25) is 0 Å². The standard InChI is InChI=1S/C22H24FN3O4/c1-30-20-6-5-14(11-17(20)23)13-25-7-9-26(10-8-25)22(29)16-12-15-18(24-21(16)28)3-2-4-19(15)27/h5-6,11-12H,2-4,7-10,13H2,1H3,(H,24,28). The monoisotopic (exact) mass is 413 g/mol. The average Bonchev–Trinajstić information content (AvgIpc) is 2.74. The molecule has 7 nitrogen and oxygen atoms in total. The van der Waals surface area contributed by atoms with Crippen molar-refractivity contribution < 1.29 is 18.7 Å². The number of piperazine rings is 1. The molecule has 8 heteroatoms. The van der Waals surface area contributed by atoms with Crippen molar-refractivity contribution in [3.05, 3.63) is 62.8 Å². The van der Waals surface area contributed by atoms with Gasteiger partial charge in [0, 0.05) is 50.4 Å². The van der Waals surface area contributed by atoms with Crippen molar-refractivity contribution in [1.82, 2.24) is 14.8 Å². The molecule has 1 saturated heterocycles. The largest absolute Gasteiger partial charge is 0.494 e. The van der Waals surface area contributed by atoms with Crippen molar-refractivity contribution in [3.8, 4) is 5.75 Å². The molecule has 0 atom stereocenters. The minimum absolute atomic E-state index is 0.0228. The number of benzene rings is 1. The fourth-order valence-corrected chi connectivity index (χ4v) is 4.08. The summed E-state index contributed by atoms with van der Waals surface area (Å²) in [6.45, 7) is 2.71. The van der Waals surface area contributed by atoms with Crippen LogP contribution in [0.5, 0.6) is 5.75 Å². The maximum absolute atomic E-state index is 13.9. The first-order valence-electron chi connectivity index (χ1n) is 10.1. The van der Waals surface area contributed by atoms with Gasteiger partial charge >= 0.3 is 0 Å². The summed E-state index contributed by atoms with van der Waals surface area (Å²) in [5.41, 5.74) is 1.51. The predicted octanol–water partition coefficient (Wildman–Crippen LogP) is 2.00. The number of nitrogens with one attached hydrogen (secondary N) is 1. The van der Waals surface area contributed by atoms with Gasteiger partial charge in [-0.2, -0.15) is 0 Å². The lowest BCUT2D eigenvalue weighted by molar-refractivity contribution is 0.0626. The summed E-state index contributed by atoms with van der Waals surface area (Å²) in [6.07, 6.45) is 1.81. The van der Waals surface area contributed by atoms with E-state index in [4.69, 9.17) is 4.74 Å². The van der Waals surface area contributed by atoms with Crippen molar-refractivity contribution in [2.45, 2.75) is 25.8 Å². The van der Waals surface area contributed by atoms with Crippen LogP contribution in [0.4, 0.5) is 4.39 Å². The van der Waals surface area contributed by atoms with Gasteiger partial charge in [-0.15, -0.1) is 0 Å². The first-order chi connectivity index (χ1) is 14.5. The van der Waals surface area contributed by atoms with Crippen LogP contribution in [-0.4, -0.2) is 59.8 Å². The zero-order valence-corrected chi connectivity index (χ0v) is 16.9. The molecule has 0 bridgehead atoms. The maximum Gasteiger partial charge on any atom is 0.261 e. The van der Waals surface area contributed by atoms with Crippen molar-refractivity contribution in [3.63, 3.8) is 0 Å². The molecule has 1 aliphatic heterocycles. The van der Waals surface area contributed by atoms with Gasteiger partial charge in [-0.25, -0.2) is 4.39 Å². The molecule has 1 aromatic carbocycles. The molecule has 1 aromatic heterocycles. The van der Waals surface area contributed by atoms with E-state index in [2.05, 4.69) is 9.88 Å². The molecular formula is C22H24FN3O4. The number of hydrogen-bond donors (Lipinski definition) is 1. The molecule has 0 saturated carbocycles. The number of aromatic amines is 1. The number of aromatic nitrogens is 1. The highest BCUT2D eigenvalue weighted by Crippen LogP contribution is 2.21. The van der Waals surface area contributed by atoms with Crippen LogP contribution in [0.1, 0.15) is 44.8 Å². The van der Waals surface area contributed by atoms with Gasteiger partial charge in [-0.3, -0.25) is 19.3 Å². The van der Waals surface area contributed by atoms with Gasteiger partial charge < -0.3 is 14.6 Å². The summed E-state index contributed by atoms with van der Waals surface area (Å²) in [7, 11) is 1.43. The fourth-order valence-electron chi connectivity index (χ4n) is 4.08. The molecule has 1 aliphatic carbocycles. The van der Waals surface area contributed by atoms with E-state index in [1.54, 1.807) is 11.0 Å². The number of nitrogens with zero attached hydrogens (tertiary/aromatic N) is 2. The molecule has 1 N–H and O–H groups in total. The van der Waals surface area contributed by atoms with Crippen molar-refractivity contribution in [2.75, 3.05) is 33.3 Å². The second-order valence-corrected chi connectivity index (χ2v) is 7.72. The molecule has 30 heavy (non-hydrogen) atoms. The second kappa shape index (κ2) is 8.39. The number of hydrogen-bond acceptors (Lipinski definition) is 5. The first kappa shape index (κ1) is 20.3. The number of ether oxygens (including phenoxy) is 1. The van der Waals surface area contributed by atoms with Gasteiger partial charge in [0.1, 0.15) is 5.56 Å². The number of Topliss-reactive ketones (excluding diaryl/α,β-unsaturated/α-hetero) is 1. The van der Waals surface area contributed by atoms with Gasteiger partial charge in [0.05, 0.1) is 7.11 Å². The zero-order chi connectivity index (χ0) is 21.3. The Labute approximate surface area is 173 Å². The van der Waals surface area contributed by atoms with Crippen molar-refractivity contribution >= 4 is 11.7 Å². The number of methoxy groups -OCH3 is 1. The lowest BCUT2D eigenvalue weighted by Gasteiger charge is -2.34. The van der Waals surface area contributed by atoms with Crippen LogP contribution >= 0.6 is 0 Å². The van der Waals surface area contributed by atoms with Crippen LogP contribution in [0.3, 0.4) is 0 Å². The van der Waals surface area contributed by atoms with E-state index in [0.717, 1.165) is 12.0 Å². The number of pyridine rings is 1. The van der Waals surface area contributed by atoms with Crippen molar-refractivity contribution in [1.29, 1.82) is 0 Å². The minimum atomic E-state index is -0.440. The first-order valence-corrected chi connectivity index (χ1v) is 10.1. The van der Waals surface area contributed by atoms with E-state index in [1.165, 1.54) is 19.2 Å². The van der Waals surface area contributed by atoms with Crippen LogP contribution in [0, 0.1) is 5.82 Å². The quantitative estimate of drug-likeness (QED) is 0.829. The van der Waals surface area contributed by atoms with Gasteiger partial charge in [0.25, 0.3) is 11.5 Å². The Bertz CT molecular complexity index is 1040. The van der Waals surface area contributed by atoms with E-state index in [0.29, 0.717) is 56.8 Å². The van der Waals surface area contributed by atoms with E-state index in [9.17, 15) is 18.8 Å². The van der Waals surface area contributed by atoms with E-state index >= 15 is 0 Å². The summed E-state index contributed by atoms with van der Waals surface area (Å²) in [4.78, 5) is 43.9. The molecule has 2 aromatic rings. The number of amides is 1. The lowest BCUT2D eigenvalue weighted by atomic mass is 9.93. The molecule has 0 radical (unpaired) electrons. The third-order valence-corrected chi connectivity index (χ3v) is 5.77. The third-order valence-electron chi connectivity index (χ3n) is 5.77. The predicted molar refractivity (Wildman–Crippen MR) is 108 cm³/mol. The summed E-state index contributed by atoms with van der Waals surface area (Å²) >= 11 is 0. The summed E-state index contributed by atoms with van der Waals surface area (Å²) in [5.74, 6) is -0.571. The van der Waals surface area contributed by atoms with E-state index < -0.39 is 11.4 Å². The van der Waals surface area contributed by atoms with Crippen LogP contribution < -0.4 is 10.3 Å². The van der Waals surface area contributed by atoms with E-state index in [1.807, 2.05) is 6.07 Å². The topological polar surface area (TPSA) is 82.7 Å². The molecule has 1 fully saturated rings. The number of halogens is 1. The van der Waals surface area contributed by atoms with Gasteiger partial charge in [0.15, 0.2) is 17.3 Å². The molecule has 158 valence electrons. The highest BCUT2D eigenvalue weighted by Gasteiger charge is 2.27. The Balaban J connectivity index is 1.41.